The summed E-state index contributed by atoms with van der Waals surface area (Å²) in [6.45, 7) is 0.709. The molecule has 0 radical (unpaired) electrons. The van der Waals surface area contributed by atoms with E-state index in [4.69, 9.17) is 34.3 Å². The summed E-state index contributed by atoms with van der Waals surface area (Å²) in [7, 11) is 0. The molecule has 1 aromatic carbocycles. The van der Waals surface area contributed by atoms with Gasteiger partial charge in [0.1, 0.15) is 10.7 Å². The minimum Gasteiger partial charge on any atom is -0.493 e. The van der Waals surface area contributed by atoms with E-state index in [0.29, 0.717) is 22.9 Å². The van der Waals surface area contributed by atoms with Gasteiger partial charge in [0.05, 0.1) is 17.2 Å². The molecule has 0 aliphatic heterocycles. The molecule has 0 spiro atoms. The fraction of sp³-hybridized carbons (Fsp3) is 0.462. The Morgan fingerprint density at radius 1 is 1.47 bits per heavy atom. The van der Waals surface area contributed by atoms with E-state index >= 15 is 0 Å². The van der Waals surface area contributed by atoms with Crippen molar-refractivity contribution in [2.45, 2.75) is 25.7 Å². The first-order chi connectivity index (χ1) is 8.18. The molecule has 0 unspecified atom stereocenters. The van der Waals surface area contributed by atoms with E-state index in [2.05, 4.69) is 0 Å². The first-order valence-corrected chi connectivity index (χ1v) is 6.68. The Labute approximate surface area is 112 Å². The highest BCUT2D eigenvalue weighted by Crippen LogP contribution is 2.30. The highest BCUT2D eigenvalue weighted by molar-refractivity contribution is 7.80. The normalized spacial score (nSPS) is 15.4. The van der Waals surface area contributed by atoms with E-state index in [1.807, 2.05) is 12.1 Å². The van der Waals surface area contributed by atoms with Crippen molar-refractivity contribution in [3.05, 3.63) is 28.8 Å². The van der Waals surface area contributed by atoms with Gasteiger partial charge in [-0.05, 0) is 24.5 Å². The standard InChI is InChI=1S/C13H16ClNOS/c14-10-5-2-6-11(12(10)13(15)17)16-8-7-9-3-1-4-9/h2,5-6,9H,1,3-4,7-8H2,(H2,15,17). The average molecular weight is 270 g/mol. The molecule has 1 fully saturated rings. The lowest BCUT2D eigenvalue weighted by Crippen LogP contribution is -2.16. The summed E-state index contributed by atoms with van der Waals surface area (Å²) in [6.07, 6.45) is 5.13. The molecule has 1 aromatic rings. The number of nitrogens with two attached hydrogens (primary N) is 1. The second-order valence-corrected chi connectivity index (χ2v) is 5.26. The third-order valence-electron chi connectivity index (χ3n) is 3.23. The van der Waals surface area contributed by atoms with E-state index in [0.717, 1.165) is 12.3 Å². The van der Waals surface area contributed by atoms with Crippen LogP contribution in [0.4, 0.5) is 0 Å². The number of hydrogen-bond donors (Lipinski definition) is 1. The van der Waals surface area contributed by atoms with Gasteiger partial charge in [0, 0.05) is 0 Å². The molecule has 2 N–H and O–H groups in total. The topological polar surface area (TPSA) is 35.2 Å². The Balaban J connectivity index is 1.98. The van der Waals surface area contributed by atoms with Crippen molar-refractivity contribution in [2.24, 2.45) is 11.7 Å². The fourth-order valence-corrected chi connectivity index (χ4v) is 2.52. The van der Waals surface area contributed by atoms with E-state index in [1.54, 1.807) is 6.07 Å². The molecule has 0 aromatic heterocycles. The summed E-state index contributed by atoms with van der Waals surface area (Å²) < 4.78 is 5.73. The summed E-state index contributed by atoms with van der Waals surface area (Å²) in [5.74, 6) is 1.53. The van der Waals surface area contributed by atoms with Gasteiger partial charge in [-0.2, -0.15) is 0 Å². The molecule has 1 aliphatic rings. The maximum atomic E-state index is 6.06. The van der Waals surface area contributed by atoms with Crippen LogP contribution >= 0.6 is 23.8 Å². The van der Waals surface area contributed by atoms with Gasteiger partial charge in [0.2, 0.25) is 0 Å². The molecule has 92 valence electrons. The monoisotopic (exact) mass is 269 g/mol. The first-order valence-electron chi connectivity index (χ1n) is 5.89. The number of rotatable bonds is 5. The Bertz CT molecular complexity index is 418. The third kappa shape index (κ3) is 3.11. The van der Waals surface area contributed by atoms with Crippen molar-refractivity contribution >= 4 is 28.8 Å². The molecule has 0 amide bonds. The van der Waals surface area contributed by atoms with Crippen LogP contribution in [-0.2, 0) is 0 Å². The van der Waals surface area contributed by atoms with Crippen LogP contribution in [0.3, 0.4) is 0 Å². The largest absolute Gasteiger partial charge is 0.493 e. The summed E-state index contributed by atoms with van der Waals surface area (Å²) in [6, 6.07) is 5.48. The molecule has 0 atom stereocenters. The number of hydrogen-bond acceptors (Lipinski definition) is 2. The summed E-state index contributed by atoms with van der Waals surface area (Å²) in [5, 5.41) is 0.554. The Morgan fingerprint density at radius 3 is 2.82 bits per heavy atom. The highest BCUT2D eigenvalue weighted by Gasteiger charge is 2.17. The second kappa shape index (κ2) is 5.69. The molecule has 2 rings (SSSR count). The minimum atomic E-state index is 0.286. The van der Waals surface area contributed by atoms with Crippen LogP contribution in [0.2, 0.25) is 5.02 Å². The summed E-state index contributed by atoms with van der Waals surface area (Å²) in [5.41, 5.74) is 6.30. The zero-order valence-electron chi connectivity index (χ0n) is 9.62. The zero-order chi connectivity index (χ0) is 12.3. The summed E-state index contributed by atoms with van der Waals surface area (Å²) in [4.78, 5) is 0.286. The zero-order valence-corrected chi connectivity index (χ0v) is 11.2. The average Bonchev–Trinajstić information content (AvgIpc) is 2.21. The van der Waals surface area contributed by atoms with Crippen molar-refractivity contribution in [1.29, 1.82) is 0 Å². The molecule has 0 bridgehead atoms. The number of halogens is 1. The smallest absolute Gasteiger partial charge is 0.130 e. The third-order valence-corrected chi connectivity index (χ3v) is 3.75. The predicted molar refractivity (Wildman–Crippen MR) is 74.8 cm³/mol. The number of thiocarbonyl (C=S) groups is 1. The van der Waals surface area contributed by atoms with E-state index in [-0.39, 0.29) is 4.99 Å². The van der Waals surface area contributed by atoms with E-state index in [9.17, 15) is 0 Å². The molecule has 0 heterocycles. The quantitative estimate of drug-likeness (QED) is 0.831. The Morgan fingerprint density at radius 2 is 2.24 bits per heavy atom. The Kier molecular flexibility index (Phi) is 4.24. The van der Waals surface area contributed by atoms with Crippen LogP contribution in [0.15, 0.2) is 18.2 Å². The lowest BCUT2D eigenvalue weighted by molar-refractivity contribution is 0.222. The van der Waals surface area contributed by atoms with Crippen molar-refractivity contribution in [3.8, 4) is 5.75 Å². The van der Waals surface area contributed by atoms with Gasteiger partial charge >= 0.3 is 0 Å². The minimum absolute atomic E-state index is 0.286. The van der Waals surface area contributed by atoms with Crippen LogP contribution in [0.1, 0.15) is 31.2 Å². The van der Waals surface area contributed by atoms with Gasteiger partial charge in [-0.25, -0.2) is 0 Å². The SMILES string of the molecule is NC(=S)c1c(Cl)cccc1OCCC1CCC1. The highest BCUT2D eigenvalue weighted by atomic mass is 35.5. The van der Waals surface area contributed by atoms with Gasteiger partial charge in [-0.15, -0.1) is 0 Å². The van der Waals surface area contributed by atoms with Crippen molar-refractivity contribution in [1.82, 2.24) is 0 Å². The molecule has 1 saturated carbocycles. The number of ether oxygens (including phenoxy) is 1. The molecule has 17 heavy (non-hydrogen) atoms. The Hall–Kier alpha value is -0.800. The van der Waals surface area contributed by atoms with Crippen molar-refractivity contribution < 1.29 is 4.74 Å². The molecule has 0 saturated heterocycles. The van der Waals surface area contributed by atoms with Crippen molar-refractivity contribution in [2.75, 3.05) is 6.61 Å². The molecule has 4 heteroatoms. The lowest BCUT2D eigenvalue weighted by Gasteiger charge is -2.25. The second-order valence-electron chi connectivity index (χ2n) is 4.41. The summed E-state index contributed by atoms with van der Waals surface area (Å²) >= 11 is 11.0. The van der Waals surface area contributed by atoms with Crippen LogP contribution < -0.4 is 10.5 Å². The lowest BCUT2D eigenvalue weighted by atomic mass is 9.83. The number of benzene rings is 1. The maximum absolute atomic E-state index is 6.06. The molecule has 1 aliphatic carbocycles. The van der Waals surface area contributed by atoms with Crippen LogP contribution in [0.5, 0.6) is 5.75 Å². The van der Waals surface area contributed by atoms with Gasteiger partial charge in [-0.3, -0.25) is 0 Å². The van der Waals surface area contributed by atoms with Crippen LogP contribution in [0, 0.1) is 5.92 Å². The van der Waals surface area contributed by atoms with Crippen LogP contribution in [-0.4, -0.2) is 11.6 Å². The first kappa shape index (κ1) is 12.7. The van der Waals surface area contributed by atoms with Gasteiger partial charge in [0.15, 0.2) is 0 Å². The molecule has 2 nitrogen and oxygen atoms in total. The van der Waals surface area contributed by atoms with Gasteiger partial charge < -0.3 is 10.5 Å². The molecular formula is C13H16ClNOS. The maximum Gasteiger partial charge on any atom is 0.130 e. The molecular weight excluding hydrogens is 254 g/mol. The van der Waals surface area contributed by atoms with E-state index in [1.165, 1.54) is 19.3 Å². The van der Waals surface area contributed by atoms with Gasteiger partial charge in [0.25, 0.3) is 0 Å². The van der Waals surface area contributed by atoms with Crippen molar-refractivity contribution in [3.63, 3.8) is 0 Å². The van der Waals surface area contributed by atoms with E-state index < -0.39 is 0 Å². The van der Waals surface area contributed by atoms with Crippen LogP contribution in [0.25, 0.3) is 0 Å². The fourth-order valence-electron chi connectivity index (χ4n) is 1.98. The van der Waals surface area contributed by atoms with Gasteiger partial charge in [-0.1, -0.05) is 49.1 Å². The predicted octanol–water partition coefficient (Wildman–Crippen LogP) is 3.54.